The molecule has 3 amide bonds. The van der Waals surface area contributed by atoms with Crippen molar-refractivity contribution in [3.05, 3.63) is 265 Å². The van der Waals surface area contributed by atoms with Crippen molar-refractivity contribution in [2.24, 2.45) is 0 Å². The van der Waals surface area contributed by atoms with Gasteiger partial charge in [0.2, 0.25) is 47.8 Å². The van der Waals surface area contributed by atoms with Gasteiger partial charge < -0.3 is 54.3 Å². The van der Waals surface area contributed by atoms with E-state index < -0.39 is 114 Å². The lowest BCUT2D eigenvalue weighted by Gasteiger charge is -2.10. The number of ether oxygens (including phenoxy) is 6. The maximum Gasteiger partial charge on any atom is 0.296 e. The molecule has 8 N–H and O–H groups in total. The van der Waals surface area contributed by atoms with Gasteiger partial charge >= 0.3 is 0 Å². The minimum absolute atomic E-state index is 0.00717. The molecule has 0 fully saturated rings. The summed E-state index contributed by atoms with van der Waals surface area (Å²) in [6, 6.07) is 45.3. The zero-order valence-corrected chi connectivity index (χ0v) is 70.1. The van der Waals surface area contributed by atoms with Gasteiger partial charge in [0, 0.05) is 99.2 Å². The van der Waals surface area contributed by atoms with Gasteiger partial charge in [-0.3, -0.25) is 75.1 Å². The van der Waals surface area contributed by atoms with Gasteiger partial charge in [0.1, 0.15) is 0 Å². The largest absolute Gasteiger partial charge is 0.379 e. The Hall–Kier alpha value is -14.6. The molecule has 0 radical (unpaired) electrons. The smallest absolute Gasteiger partial charge is 0.296 e. The summed E-state index contributed by atoms with van der Waals surface area (Å²) < 4.78 is 117. The minimum atomic E-state index is -4.47. The van der Waals surface area contributed by atoms with Crippen molar-refractivity contribution in [2.75, 3.05) is 115 Å². The number of nitrogens with zero attached hydrogens (tertiary/aromatic N) is 8. The Morgan fingerprint density at radius 3 is 0.798 bits per heavy atom. The first-order valence-electron chi connectivity index (χ1n) is 39.1. The van der Waals surface area contributed by atoms with Crippen LogP contribution in [-0.2, 0) is 72.9 Å². The number of H-pyrrole nitrogens is 2. The third-order valence-electron chi connectivity index (χ3n) is 19.3. The SMILES string of the molecule is O=C(CCOCCOCCNS(=O)(=O)c1ccc([N+](=O)[O-])cc1[N+](=O)[O-])Nc1ccc(-c2c3nc(c(-c4ccc(NC(=O)CCOCCOCCNS(=O)(=O)c5ccc([N+](=O)[O-])cc5[N+](=O)[O-])cc4)c4ccc([nH]4)c(-c4ccc(NC(=O)CCOCCOCCNS(=O)(=O)c5ccc([N+](=O)[O-])cc5[N+](=O)[O-])cc4)c4nc(c(-c5ccccc5)c5ccc2[nH]5)C=C4)C=C3)cc1. The van der Waals surface area contributed by atoms with Crippen molar-refractivity contribution in [1.82, 2.24) is 34.1 Å². The zero-order chi connectivity index (χ0) is 91.9. The number of aromatic amines is 2. The summed E-state index contributed by atoms with van der Waals surface area (Å²) in [5, 5.41) is 76.7. The Labute approximate surface area is 732 Å². The van der Waals surface area contributed by atoms with Crippen LogP contribution in [0.5, 0.6) is 0 Å². The number of nitro groups is 6. The summed E-state index contributed by atoms with van der Waals surface area (Å²) in [4.78, 5) is 118. The van der Waals surface area contributed by atoms with Crippen LogP contribution in [0.4, 0.5) is 51.2 Å². The predicted molar refractivity (Wildman–Crippen MR) is 470 cm³/mol. The van der Waals surface area contributed by atoms with Crippen molar-refractivity contribution < 1.29 is 97.6 Å². The zero-order valence-electron chi connectivity index (χ0n) is 67.7. The van der Waals surface area contributed by atoms with Gasteiger partial charge in [-0.1, -0.05) is 66.7 Å². The van der Waals surface area contributed by atoms with E-state index in [2.05, 4.69) is 40.1 Å². The molecule has 0 unspecified atom stereocenters. The molecule has 5 heterocycles. The summed E-state index contributed by atoms with van der Waals surface area (Å²) >= 11 is 0. The fourth-order valence-electron chi connectivity index (χ4n) is 13.3. The third kappa shape index (κ3) is 24.6. The molecule has 0 aliphatic carbocycles. The molecule has 10 aromatic rings. The first kappa shape index (κ1) is 93.6. The van der Waals surface area contributed by atoms with Gasteiger partial charge in [-0.2, -0.15) is 0 Å². The Morgan fingerprint density at radius 2 is 0.550 bits per heavy atom. The molecule has 43 nitrogen and oxygen atoms in total. The maximum absolute atomic E-state index is 13.4. The number of rotatable bonds is 46. The normalized spacial score (nSPS) is 11.9. The standard InChI is InChI=1S/C83H78N16O27S3/c100-77(32-38-121-44-47-124-41-35-84-127(115,116)74-29-18-60(94(103)104)50-71(74)97(109)110)87-57-12-6-54(7-13-57)81-65-23-21-63(90-65)80(53-4-2-1-3-5-53)64-22-24-66(91-64)82(55-8-14-58(15-9-55)88-78(101)33-39-122-45-48-125-42-36-85-128(117,118)75-30-19-61(95(105)106)51-72(75)98(111)112)68-26-28-70(93-68)83(69-27-25-67(81)92-69)56-10-16-59(17-11-56)89-79(102)34-40-123-46-49-126-43-37-86-129(119,120)76-31-20-62(96(107)108)52-73(76)99(113)114/h1-31,50-52,84-86,90,93H,32-49H2,(H,87,100)(H,88,101)(H,89,102). The molecule has 3 aromatic heterocycles. The number of nitrogens with one attached hydrogen (secondary N) is 8. The second-order valence-corrected chi connectivity index (χ2v) is 33.1. The molecule has 0 atom stereocenters. The number of hydrogen-bond acceptors (Lipinski definition) is 29. The highest BCUT2D eigenvalue weighted by molar-refractivity contribution is 7.90. The fourth-order valence-corrected chi connectivity index (χ4v) is 16.8. The average Bonchev–Trinajstić information content (AvgIpc) is 1.62. The van der Waals surface area contributed by atoms with Crippen molar-refractivity contribution in [1.29, 1.82) is 0 Å². The highest BCUT2D eigenvalue weighted by atomic mass is 32.2. The summed E-state index contributed by atoms with van der Waals surface area (Å²) in [5.41, 5.74) is 6.86. The number of carbonyl (C=O) groups excluding carboxylic acids is 3. The molecular weight excluding hydrogens is 1750 g/mol. The van der Waals surface area contributed by atoms with Crippen LogP contribution in [0.2, 0.25) is 0 Å². The maximum atomic E-state index is 13.4. The monoisotopic (exact) mass is 1830 g/mol. The number of benzene rings is 7. The molecule has 8 bridgehead atoms. The van der Waals surface area contributed by atoms with E-state index in [-0.39, 0.29) is 130 Å². The highest BCUT2D eigenvalue weighted by Gasteiger charge is 2.32. The number of carbonyl (C=O) groups is 3. The van der Waals surface area contributed by atoms with Gasteiger partial charge in [0.05, 0.1) is 169 Å². The van der Waals surface area contributed by atoms with E-state index in [4.69, 9.17) is 38.4 Å². The van der Waals surface area contributed by atoms with Gasteiger partial charge in [-0.25, -0.2) is 49.4 Å². The summed E-state index contributed by atoms with van der Waals surface area (Å²) in [6.45, 7) is -1.46. The Morgan fingerprint density at radius 1 is 0.302 bits per heavy atom. The van der Waals surface area contributed by atoms with E-state index >= 15 is 0 Å². The van der Waals surface area contributed by atoms with Crippen LogP contribution in [-0.4, -0.2) is 191 Å². The van der Waals surface area contributed by atoms with E-state index in [1.165, 1.54) is 0 Å². The first-order chi connectivity index (χ1) is 61.9. The topological polar surface area (TPSA) is 597 Å². The molecule has 12 rings (SSSR count). The Kier molecular flexibility index (Phi) is 31.3. The fraction of sp³-hybridized carbons (Fsp3) is 0.217. The third-order valence-corrected chi connectivity index (χ3v) is 23.8. The molecule has 0 spiro atoms. The lowest BCUT2D eigenvalue weighted by atomic mass is 10.0. The number of amides is 3. The lowest BCUT2D eigenvalue weighted by molar-refractivity contribution is -0.396. The van der Waals surface area contributed by atoms with Crippen LogP contribution in [0.15, 0.2) is 197 Å². The van der Waals surface area contributed by atoms with Crippen molar-refractivity contribution in [2.45, 2.75) is 33.9 Å². The van der Waals surface area contributed by atoms with Gasteiger partial charge in [-0.15, -0.1) is 0 Å². The molecule has 46 heteroatoms. The number of nitro benzene ring substituents is 6. The van der Waals surface area contributed by atoms with E-state index in [0.717, 1.165) is 47.5 Å². The summed E-state index contributed by atoms with van der Waals surface area (Å²) in [5.74, 6) is -1.15. The second kappa shape index (κ2) is 43.1. The highest BCUT2D eigenvalue weighted by Crippen LogP contribution is 2.41. The number of non-ortho nitro benzene ring substituents is 3. The number of aromatic nitrogens is 4. The lowest BCUT2D eigenvalue weighted by Crippen LogP contribution is -2.28. The van der Waals surface area contributed by atoms with Crippen LogP contribution in [0, 0.1) is 60.7 Å². The number of anilines is 3. The Bertz CT molecular complexity index is 6380. The van der Waals surface area contributed by atoms with Crippen molar-refractivity contribution in [3.8, 4) is 44.5 Å². The summed E-state index contributed by atoms with van der Waals surface area (Å²) in [6.07, 6.45) is 7.40. The number of hydrogen-bond donors (Lipinski definition) is 8. The van der Waals surface area contributed by atoms with Crippen molar-refractivity contribution in [3.63, 3.8) is 0 Å². The van der Waals surface area contributed by atoms with E-state index in [9.17, 15) is 100 Å². The van der Waals surface area contributed by atoms with Crippen LogP contribution >= 0.6 is 0 Å². The van der Waals surface area contributed by atoms with E-state index in [1.54, 1.807) is 36.4 Å². The second-order valence-electron chi connectivity index (χ2n) is 27.9. The van der Waals surface area contributed by atoms with Crippen molar-refractivity contribution >= 4 is 145 Å². The van der Waals surface area contributed by atoms with Crippen LogP contribution in [0.1, 0.15) is 42.0 Å². The van der Waals surface area contributed by atoms with Crippen LogP contribution in [0.3, 0.4) is 0 Å². The quantitative estimate of drug-likeness (QED) is 0.00998. The molecule has 129 heavy (non-hydrogen) atoms. The van der Waals surface area contributed by atoms with E-state index in [0.29, 0.717) is 113 Å². The van der Waals surface area contributed by atoms with Crippen LogP contribution in [0.25, 0.3) is 90.9 Å². The van der Waals surface area contributed by atoms with Crippen LogP contribution < -0.4 is 30.1 Å². The molecule has 2 aliphatic heterocycles. The molecule has 0 saturated carbocycles. The number of fused-ring (bicyclic) bond motifs is 8. The molecule has 2 aliphatic rings. The minimum Gasteiger partial charge on any atom is -0.379 e. The van der Waals surface area contributed by atoms with E-state index in [1.807, 2.05) is 115 Å². The first-order valence-corrected chi connectivity index (χ1v) is 43.5. The van der Waals surface area contributed by atoms with Gasteiger partial charge in [0.25, 0.3) is 34.1 Å². The van der Waals surface area contributed by atoms with Gasteiger partial charge in [-0.05, 0) is 125 Å². The molecule has 670 valence electrons. The number of sulfonamides is 3. The summed E-state index contributed by atoms with van der Waals surface area (Å²) in [7, 11) is -13.4. The average molecular weight is 1830 g/mol. The molecular formula is C83H78N16O27S3. The predicted octanol–water partition coefficient (Wildman–Crippen LogP) is 11.8. The molecule has 0 saturated heterocycles. The van der Waals surface area contributed by atoms with Gasteiger partial charge in [0.15, 0.2) is 14.7 Å². The Balaban J connectivity index is 0.749. The molecule has 7 aromatic carbocycles.